The molecule has 0 aromatic carbocycles. The van der Waals surface area contributed by atoms with E-state index in [-0.39, 0.29) is 17.3 Å². The largest absolute Gasteiger partial charge is 0.381 e. The lowest BCUT2D eigenvalue weighted by atomic mass is 9.90. The van der Waals surface area contributed by atoms with Gasteiger partial charge in [0.25, 0.3) is 0 Å². The minimum Gasteiger partial charge on any atom is -0.381 e. The quantitative estimate of drug-likeness (QED) is 0.558. The first-order chi connectivity index (χ1) is 8.06. The molecule has 0 spiro atoms. The molecule has 0 aliphatic carbocycles. The molecule has 0 aromatic heterocycles. The second-order valence-electron chi connectivity index (χ2n) is 3.89. The van der Waals surface area contributed by atoms with Gasteiger partial charge in [0, 0.05) is 19.1 Å². The van der Waals surface area contributed by atoms with Crippen LogP contribution in [0.3, 0.4) is 0 Å². The minimum atomic E-state index is -0.822. The van der Waals surface area contributed by atoms with Crippen LogP contribution in [0.2, 0.25) is 0 Å². The van der Waals surface area contributed by atoms with Crippen molar-refractivity contribution in [3.05, 3.63) is 36.0 Å². The Morgan fingerprint density at radius 1 is 1.35 bits per heavy atom. The molecule has 1 aliphatic rings. The molecular weight excluding hydrogens is 226 g/mol. The molecule has 4 heteroatoms. The number of allylic oxidation sites excluding steroid dienone is 5. The summed E-state index contributed by atoms with van der Waals surface area (Å²) in [7, 11) is 0. The van der Waals surface area contributed by atoms with Crippen molar-refractivity contribution in [1.82, 2.24) is 0 Å². The summed E-state index contributed by atoms with van der Waals surface area (Å²) in [5.74, 6) is -2.19. The fraction of sp³-hybridized carbons (Fsp3) is 0.462. The van der Waals surface area contributed by atoms with Crippen molar-refractivity contribution >= 4 is 5.78 Å². The third kappa shape index (κ3) is 3.89. The maximum Gasteiger partial charge on any atom is 0.169 e. The lowest BCUT2D eigenvalue weighted by molar-refractivity contribution is -0.121. The molecule has 0 radical (unpaired) electrons. The van der Waals surface area contributed by atoms with E-state index in [4.69, 9.17) is 4.74 Å². The predicted molar refractivity (Wildman–Crippen MR) is 61.7 cm³/mol. The van der Waals surface area contributed by atoms with Gasteiger partial charge >= 0.3 is 0 Å². The van der Waals surface area contributed by atoms with Crippen LogP contribution < -0.4 is 0 Å². The molecule has 0 atom stereocenters. The van der Waals surface area contributed by atoms with Crippen LogP contribution in [0.5, 0.6) is 0 Å². The normalized spacial score (nSPS) is 19.2. The number of halogens is 2. The standard InChI is InChI=1S/C13H16F2O2/c1-3-12(15)11(8-9(2)14)13(16)10-4-6-17-7-5-10/h3,8,10H,2,4-7H2,1H3/b11-8+,12-3+. The highest BCUT2D eigenvalue weighted by atomic mass is 19.1. The Bertz CT molecular complexity index is 364. The summed E-state index contributed by atoms with van der Waals surface area (Å²) >= 11 is 0. The second-order valence-corrected chi connectivity index (χ2v) is 3.89. The van der Waals surface area contributed by atoms with Crippen molar-refractivity contribution in [2.75, 3.05) is 13.2 Å². The lowest BCUT2D eigenvalue weighted by Gasteiger charge is -2.21. The van der Waals surface area contributed by atoms with E-state index in [0.717, 1.165) is 12.2 Å². The van der Waals surface area contributed by atoms with Crippen molar-refractivity contribution in [2.24, 2.45) is 5.92 Å². The van der Waals surface area contributed by atoms with Crippen LogP contribution >= 0.6 is 0 Å². The summed E-state index contributed by atoms with van der Waals surface area (Å²) in [5, 5.41) is 0. The Balaban J connectivity index is 2.90. The molecule has 94 valence electrons. The van der Waals surface area contributed by atoms with E-state index >= 15 is 0 Å². The van der Waals surface area contributed by atoms with Crippen molar-refractivity contribution in [2.45, 2.75) is 19.8 Å². The summed E-state index contributed by atoms with van der Waals surface area (Å²) in [5.41, 5.74) is -0.230. The van der Waals surface area contributed by atoms with Crippen LogP contribution in [-0.2, 0) is 9.53 Å². The van der Waals surface area contributed by atoms with E-state index in [1.807, 2.05) is 0 Å². The Kier molecular flexibility index (Phi) is 5.22. The van der Waals surface area contributed by atoms with E-state index in [2.05, 4.69) is 6.58 Å². The Labute approximate surface area is 99.7 Å². The van der Waals surface area contributed by atoms with Gasteiger partial charge < -0.3 is 4.74 Å². The molecule has 0 amide bonds. The Morgan fingerprint density at radius 2 is 1.94 bits per heavy atom. The third-order valence-electron chi connectivity index (χ3n) is 2.67. The first-order valence-corrected chi connectivity index (χ1v) is 5.56. The van der Waals surface area contributed by atoms with Crippen molar-refractivity contribution < 1.29 is 18.3 Å². The molecule has 0 unspecified atom stereocenters. The van der Waals surface area contributed by atoms with Gasteiger partial charge in [-0.2, -0.15) is 0 Å². The first-order valence-electron chi connectivity index (χ1n) is 5.56. The van der Waals surface area contributed by atoms with Gasteiger partial charge in [-0.3, -0.25) is 4.79 Å². The zero-order valence-corrected chi connectivity index (χ0v) is 9.84. The third-order valence-corrected chi connectivity index (χ3v) is 2.67. The van der Waals surface area contributed by atoms with E-state index in [1.54, 1.807) is 0 Å². The van der Waals surface area contributed by atoms with Crippen LogP contribution in [0.15, 0.2) is 36.0 Å². The number of ether oxygens (including phenoxy) is 1. The molecule has 17 heavy (non-hydrogen) atoms. The topological polar surface area (TPSA) is 26.3 Å². The molecule has 0 N–H and O–H groups in total. The number of carbonyl (C=O) groups excluding carboxylic acids is 1. The number of hydrogen-bond donors (Lipinski definition) is 0. The first kappa shape index (κ1) is 13.8. The van der Waals surface area contributed by atoms with Gasteiger partial charge in [-0.1, -0.05) is 12.7 Å². The maximum atomic E-state index is 13.5. The zero-order chi connectivity index (χ0) is 12.8. The average molecular weight is 242 g/mol. The highest BCUT2D eigenvalue weighted by Crippen LogP contribution is 2.25. The van der Waals surface area contributed by atoms with Crippen molar-refractivity contribution in [1.29, 1.82) is 0 Å². The van der Waals surface area contributed by atoms with Crippen molar-refractivity contribution in [3.8, 4) is 0 Å². The number of rotatable bonds is 4. The minimum absolute atomic E-state index is 0.230. The van der Waals surface area contributed by atoms with Gasteiger partial charge in [-0.05, 0) is 25.8 Å². The van der Waals surface area contributed by atoms with Crippen LogP contribution in [0.25, 0.3) is 0 Å². The highest BCUT2D eigenvalue weighted by Gasteiger charge is 2.26. The van der Waals surface area contributed by atoms with E-state index in [9.17, 15) is 13.6 Å². The molecular formula is C13H16F2O2. The number of hydrogen-bond acceptors (Lipinski definition) is 2. The SMILES string of the molecule is C=C(F)/C=C(C(=O)C1CCOCC1)\C(F)=C/C. The molecule has 0 saturated carbocycles. The summed E-state index contributed by atoms with van der Waals surface area (Å²) in [6.07, 6.45) is 3.09. The zero-order valence-electron chi connectivity index (χ0n) is 9.84. The fourth-order valence-corrected chi connectivity index (χ4v) is 1.75. The van der Waals surface area contributed by atoms with Gasteiger partial charge in [0.2, 0.25) is 0 Å². The van der Waals surface area contributed by atoms with Crippen molar-refractivity contribution in [3.63, 3.8) is 0 Å². The van der Waals surface area contributed by atoms with Gasteiger partial charge in [0.1, 0.15) is 11.7 Å². The number of ketones is 1. The monoisotopic (exact) mass is 242 g/mol. The van der Waals surface area contributed by atoms with E-state index in [1.165, 1.54) is 6.92 Å². The van der Waals surface area contributed by atoms with Crippen LogP contribution in [0, 0.1) is 5.92 Å². The molecule has 1 aliphatic heterocycles. The highest BCUT2D eigenvalue weighted by molar-refractivity contribution is 6.00. The number of Topliss-reactive ketones (excluding diaryl/α,β-unsaturated/α-hetero) is 1. The maximum absolute atomic E-state index is 13.5. The molecule has 0 aromatic rings. The molecule has 1 heterocycles. The molecule has 2 nitrogen and oxygen atoms in total. The summed E-state index contributed by atoms with van der Waals surface area (Å²) < 4.78 is 31.4. The summed E-state index contributed by atoms with van der Waals surface area (Å²) in [6.45, 7) is 5.45. The van der Waals surface area contributed by atoms with Crippen LogP contribution in [-0.4, -0.2) is 19.0 Å². The summed E-state index contributed by atoms with van der Waals surface area (Å²) in [4.78, 5) is 12.0. The molecule has 1 rings (SSSR count). The second kappa shape index (κ2) is 6.45. The molecule has 1 saturated heterocycles. The smallest absolute Gasteiger partial charge is 0.169 e. The molecule has 1 fully saturated rings. The Hall–Kier alpha value is -1.29. The Morgan fingerprint density at radius 3 is 2.41 bits per heavy atom. The summed E-state index contributed by atoms with van der Waals surface area (Å²) in [6, 6.07) is 0. The van der Waals surface area contributed by atoms with E-state index in [0.29, 0.717) is 26.1 Å². The van der Waals surface area contributed by atoms with E-state index < -0.39 is 11.7 Å². The lowest BCUT2D eigenvalue weighted by Crippen LogP contribution is -2.25. The average Bonchev–Trinajstić information content (AvgIpc) is 2.35. The van der Waals surface area contributed by atoms with Gasteiger partial charge in [-0.25, -0.2) is 8.78 Å². The number of carbonyl (C=O) groups is 1. The van der Waals surface area contributed by atoms with Gasteiger partial charge in [-0.15, -0.1) is 0 Å². The van der Waals surface area contributed by atoms with Gasteiger partial charge in [0.05, 0.1) is 5.57 Å². The predicted octanol–water partition coefficient (Wildman–Crippen LogP) is 3.27. The van der Waals surface area contributed by atoms with Gasteiger partial charge in [0.15, 0.2) is 5.78 Å². The van der Waals surface area contributed by atoms with Crippen LogP contribution in [0.4, 0.5) is 8.78 Å². The van der Waals surface area contributed by atoms with Crippen LogP contribution in [0.1, 0.15) is 19.8 Å². The fourth-order valence-electron chi connectivity index (χ4n) is 1.75. The molecule has 0 bridgehead atoms.